The molecule has 0 rings (SSSR count). The molecule has 9 nitrogen and oxygen atoms in total. The van der Waals surface area contributed by atoms with Gasteiger partial charge < -0.3 is 33.2 Å². The quantitative estimate of drug-likeness (QED) is 0.161. The molecule has 0 radical (unpaired) electrons. The standard InChI is InChI=1S/C28H54O9/c1-15-27(11,23(3,4)31-13)25(7,8)36-21(29)34-19-17-33-18-20-35-22(30)37-26(9,10)28(12,16-2)24(5,6)32-14/h15-20H2,1-14H3. The van der Waals surface area contributed by atoms with Gasteiger partial charge in [0.2, 0.25) is 0 Å². The van der Waals surface area contributed by atoms with Gasteiger partial charge in [-0.3, -0.25) is 0 Å². The summed E-state index contributed by atoms with van der Waals surface area (Å²) in [5.41, 5.74) is -3.65. The van der Waals surface area contributed by atoms with Crippen LogP contribution in [0.1, 0.15) is 95.9 Å². The van der Waals surface area contributed by atoms with Gasteiger partial charge in [0.1, 0.15) is 24.4 Å². The van der Waals surface area contributed by atoms with Crippen molar-refractivity contribution in [3.05, 3.63) is 0 Å². The second kappa shape index (κ2) is 13.5. The first-order valence-electron chi connectivity index (χ1n) is 13.1. The predicted molar refractivity (Wildman–Crippen MR) is 143 cm³/mol. The summed E-state index contributed by atoms with van der Waals surface area (Å²) in [4.78, 5) is 24.6. The lowest BCUT2D eigenvalue weighted by Crippen LogP contribution is -2.57. The molecule has 0 aromatic rings. The summed E-state index contributed by atoms with van der Waals surface area (Å²) >= 11 is 0. The second-order valence-corrected chi connectivity index (χ2v) is 11.8. The molecule has 0 bridgehead atoms. The molecule has 0 aromatic carbocycles. The van der Waals surface area contributed by atoms with Crippen LogP contribution < -0.4 is 0 Å². The van der Waals surface area contributed by atoms with Gasteiger partial charge in [0.25, 0.3) is 0 Å². The average Bonchev–Trinajstić information content (AvgIpc) is 2.80. The third kappa shape index (κ3) is 8.20. The van der Waals surface area contributed by atoms with E-state index in [0.29, 0.717) is 0 Å². The van der Waals surface area contributed by atoms with Crippen LogP contribution in [-0.2, 0) is 33.2 Å². The van der Waals surface area contributed by atoms with E-state index in [2.05, 4.69) is 0 Å². The van der Waals surface area contributed by atoms with Crippen LogP contribution in [0.5, 0.6) is 0 Å². The molecule has 37 heavy (non-hydrogen) atoms. The molecule has 2 atom stereocenters. The fraction of sp³-hybridized carbons (Fsp3) is 0.929. The van der Waals surface area contributed by atoms with Crippen molar-refractivity contribution in [3.63, 3.8) is 0 Å². The molecule has 220 valence electrons. The summed E-state index contributed by atoms with van der Waals surface area (Å²) in [5, 5.41) is 0. The van der Waals surface area contributed by atoms with Crippen LogP contribution in [0.2, 0.25) is 0 Å². The highest BCUT2D eigenvalue weighted by molar-refractivity contribution is 5.61. The molecule has 0 spiro atoms. The molecule has 2 unspecified atom stereocenters. The lowest BCUT2D eigenvalue weighted by atomic mass is 9.63. The fourth-order valence-electron chi connectivity index (χ4n) is 4.77. The van der Waals surface area contributed by atoms with Crippen molar-refractivity contribution >= 4 is 12.3 Å². The highest BCUT2D eigenvalue weighted by Gasteiger charge is 2.54. The van der Waals surface area contributed by atoms with E-state index in [0.717, 1.165) is 12.8 Å². The minimum atomic E-state index is -0.840. The maximum atomic E-state index is 12.3. The maximum absolute atomic E-state index is 12.3. The van der Waals surface area contributed by atoms with Crippen LogP contribution in [0.3, 0.4) is 0 Å². The van der Waals surface area contributed by atoms with E-state index >= 15 is 0 Å². The summed E-state index contributed by atoms with van der Waals surface area (Å²) in [6.45, 7) is 23.7. The van der Waals surface area contributed by atoms with Gasteiger partial charge in [0.05, 0.1) is 24.4 Å². The van der Waals surface area contributed by atoms with Gasteiger partial charge in [-0.15, -0.1) is 0 Å². The van der Waals surface area contributed by atoms with E-state index in [1.807, 2.05) is 83.1 Å². The van der Waals surface area contributed by atoms with Gasteiger partial charge in [-0.25, -0.2) is 9.59 Å². The Hall–Kier alpha value is -1.58. The van der Waals surface area contributed by atoms with E-state index in [1.54, 1.807) is 14.2 Å². The highest BCUT2D eigenvalue weighted by atomic mass is 16.7. The van der Waals surface area contributed by atoms with E-state index in [-0.39, 0.29) is 26.4 Å². The van der Waals surface area contributed by atoms with E-state index in [9.17, 15) is 9.59 Å². The molecule has 0 aliphatic carbocycles. The van der Waals surface area contributed by atoms with Gasteiger partial charge in [0, 0.05) is 25.0 Å². The molecule has 0 saturated carbocycles. The van der Waals surface area contributed by atoms with Crippen molar-refractivity contribution in [2.75, 3.05) is 40.6 Å². The van der Waals surface area contributed by atoms with Crippen LogP contribution in [0, 0.1) is 10.8 Å². The lowest BCUT2D eigenvalue weighted by Gasteiger charge is -2.51. The molecule has 0 aliphatic heterocycles. The van der Waals surface area contributed by atoms with E-state index < -0.39 is 45.5 Å². The van der Waals surface area contributed by atoms with Gasteiger partial charge >= 0.3 is 12.3 Å². The Morgan fingerprint density at radius 3 is 1.05 bits per heavy atom. The molecule has 0 fully saturated rings. The summed E-state index contributed by atoms with van der Waals surface area (Å²) < 4.78 is 38.5. The summed E-state index contributed by atoms with van der Waals surface area (Å²) in [5.74, 6) is 0. The van der Waals surface area contributed by atoms with E-state index in [4.69, 9.17) is 33.2 Å². The monoisotopic (exact) mass is 534 g/mol. The van der Waals surface area contributed by atoms with Crippen LogP contribution in [0.4, 0.5) is 9.59 Å². The van der Waals surface area contributed by atoms with Crippen molar-refractivity contribution < 1.29 is 42.7 Å². The summed E-state index contributed by atoms with van der Waals surface area (Å²) in [7, 11) is 3.29. The lowest BCUT2D eigenvalue weighted by molar-refractivity contribution is -0.182. The summed E-state index contributed by atoms with van der Waals surface area (Å²) in [6.07, 6.45) is -0.0856. The zero-order chi connectivity index (χ0) is 29.3. The highest BCUT2D eigenvalue weighted by Crippen LogP contribution is 2.48. The van der Waals surface area contributed by atoms with Crippen LogP contribution >= 0.6 is 0 Å². The normalized spacial score (nSPS) is 16.4. The Kier molecular flexibility index (Phi) is 12.9. The number of methoxy groups -OCH3 is 2. The first-order valence-corrected chi connectivity index (χ1v) is 13.1. The Balaban J connectivity index is 4.54. The van der Waals surface area contributed by atoms with Gasteiger partial charge in [0.15, 0.2) is 0 Å². The third-order valence-electron chi connectivity index (χ3n) is 9.32. The number of ether oxygens (including phenoxy) is 7. The molecule has 0 aromatic heterocycles. The van der Waals surface area contributed by atoms with Gasteiger partial charge in [-0.2, -0.15) is 0 Å². The molecule has 0 amide bonds. The third-order valence-corrected chi connectivity index (χ3v) is 9.32. The van der Waals surface area contributed by atoms with Gasteiger partial charge in [-0.1, -0.05) is 27.7 Å². The fourth-order valence-corrected chi connectivity index (χ4v) is 4.77. The van der Waals surface area contributed by atoms with Crippen LogP contribution in [0.25, 0.3) is 0 Å². The van der Waals surface area contributed by atoms with Crippen LogP contribution in [-0.4, -0.2) is 75.4 Å². The SMILES string of the molecule is CCC(C)(C(C)(C)OC)C(C)(C)OC(=O)OCCOCCOC(=O)OC(C)(C)C(C)(CC)C(C)(C)OC. The number of hydrogen-bond acceptors (Lipinski definition) is 9. The minimum Gasteiger partial charge on any atom is -0.432 e. The first kappa shape index (κ1) is 35.4. The largest absolute Gasteiger partial charge is 0.508 e. The van der Waals surface area contributed by atoms with E-state index in [1.165, 1.54) is 0 Å². The number of rotatable bonds is 16. The second-order valence-electron chi connectivity index (χ2n) is 11.8. The van der Waals surface area contributed by atoms with Crippen molar-refractivity contribution in [1.82, 2.24) is 0 Å². The Bertz CT molecular complexity index is 669. The van der Waals surface area contributed by atoms with Crippen molar-refractivity contribution in [1.29, 1.82) is 0 Å². The van der Waals surface area contributed by atoms with Crippen LogP contribution in [0.15, 0.2) is 0 Å². The number of carbonyl (C=O) groups is 2. The molecule has 9 heteroatoms. The molecular formula is C28H54O9. The Morgan fingerprint density at radius 1 is 0.514 bits per heavy atom. The average molecular weight is 535 g/mol. The Labute approximate surface area is 225 Å². The van der Waals surface area contributed by atoms with Gasteiger partial charge in [-0.05, 0) is 68.2 Å². The zero-order valence-corrected chi connectivity index (χ0v) is 25.9. The molecule has 0 N–H and O–H groups in total. The molecule has 0 saturated heterocycles. The summed E-state index contributed by atoms with van der Waals surface area (Å²) in [6, 6.07) is 0. The number of carbonyl (C=O) groups excluding carboxylic acids is 2. The molecular weight excluding hydrogens is 480 g/mol. The number of hydrogen-bond donors (Lipinski definition) is 0. The minimum absolute atomic E-state index is 0.00383. The molecule has 0 heterocycles. The van der Waals surface area contributed by atoms with Crippen molar-refractivity contribution in [2.45, 2.75) is 118 Å². The molecule has 0 aliphatic rings. The zero-order valence-electron chi connectivity index (χ0n) is 25.9. The first-order chi connectivity index (χ1) is 16.7. The topological polar surface area (TPSA) is 98.8 Å². The van der Waals surface area contributed by atoms with Crippen molar-refractivity contribution in [3.8, 4) is 0 Å². The predicted octanol–water partition coefficient (Wildman–Crippen LogP) is 6.55. The van der Waals surface area contributed by atoms with Crippen molar-refractivity contribution in [2.24, 2.45) is 10.8 Å². The Morgan fingerprint density at radius 2 is 0.811 bits per heavy atom. The maximum Gasteiger partial charge on any atom is 0.508 e. The smallest absolute Gasteiger partial charge is 0.432 e.